The molecule has 0 saturated carbocycles. The maximum atomic E-state index is 5.82. The summed E-state index contributed by atoms with van der Waals surface area (Å²) in [6.45, 7) is 0.765. The quantitative estimate of drug-likeness (QED) is 0.693. The predicted octanol–water partition coefficient (Wildman–Crippen LogP) is 3.21. The van der Waals surface area contributed by atoms with Crippen LogP contribution in [-0.4, -0.2) is 11.9 Å². The summed E-state index contributed by atoms with van der Waals surface area (Å²) in [6.07, 6.45) is 0. The SMILES string of the molecule is Clc1ccc2c(c1)OCC2CBr. The van der Waals surface area contributed by atoms with E-state index in [0.717, 1.165) is 22.7 Å². The smallest absolute Gasteiger partial charge is 0.124 e. The lowest BCUT2D eigenvalue weighted by Gasteiger charge is -2.01. The minimum absolute atomic E-state index is 0.484. The molecule has 0 radical (unpaired) electrons. The highest BCUT2D eigenvalue weighted by Crippen LogP contribution is 2.36. The average molecular weight is 248 g/mol. The Morgan fingerprint density at radius 3 is 3.17 bits per heavy atom. The van der Waals surface area contributed by atoms with Gasteiger partial charge < -0.3 is 4.74 Å². The van der Waals surface area contributed by atoms with Gasteiger partial charge in [0.25, 0.3) is 0 Å². The molecule has 1 nitrogen and oxygen atoms in total. The summed E-state index contributed by atoms with van der Waals surface area (Å²) in [6, 6.07) is 5.82. The van der Waals surface area contributed by atoms with Gasteiger partial charge in [0.05, 0.1) is 6.61 Å². The zero-order chi connectivity index (χ0) is 8.55. The van der Waals surface area contributed by atoms with E-state index >= 15 is 0 Å². The summed E-state index contributed by atoms with van der Waals surface area (Å²) in [5.41, 5.74) is 1.26. The van der Waals surface area contributed by atoms with Gasteiger partial charge in [0, 0.05) is 21.8 Å². The lowest BCUT2D eigenvalue weighted by molar-refractivity contribution is 0.339. The molecule has 1 aromatic rings. The summed E-state index contributed by atoms with van der Waals surface area (Å²) in [5.74, 6) is 1.42. The average Bonchev–Trinajstić information content (AvgIpc) is 2.46. The first-order chi connectivity index (χ1) is 5.81. The molecule has 1 atom stereocenters. The molecule has 12 heavy (non-hydrogen) atoms. The summed E-state index contributed by atoms with van der Waals surface area (Å²) in [5, 5.41) is 1.69. The van der Waals surface area contributed by atoms with Gasteiger partial charge in [0.15, 0.2) is 0 Å². The molecule has 1 unspecified atom stereocenters. The lowest BCUT2D eigenvalue weighted by Crippen LogP contribution is -2.00. The van der Waals surface area contributed by atoms with Gasteiger partial charge in [-0.3, -0.25) is 0 Å². The van der Waals surface area contributed by atoms with Crippen LogP contribution >= 0.6 is 27.5 Å². The fourth-order valence-corrected chi connectivity index (χ4v) is 2.08. The van der Waals surface area contributed by atoms with E-state index in [0.29, 0.717) is 5.92 Å². The Labute approximate surface area is 84.8 Å². The fourth-order valence-electron chi connectivity index (χ4n) is 1.38. The number of hydrogen-bond acceptors (Lipinski definition) is 1. The summed E-state index contributed by atoms with van der Waals surface area (Å²) in [7, 11) is 0. The third kappa shape index (κ3) is 1.34. The van der Waals surface area contributed by atoms with Gasteiger partial charge in [-0.25, -0.2) is 0 Å². The fraction of sp³-hybridized carbons (Fsp3) is 0.333. The molecule has 1 aromatic carbocycles. The molecular formula is C9H8BrClO. The van der Waals surface area contributed by atoms with E-state index in [1.165, 1.54) is 5.56 Å². The topological polar surface area (TPSA) is 9.23 Å². The third-order valence-electron chi connectivity index (χ3n) is 2.04. The molecule has 0 spiro atoms. The van der Waals surface area contributed by atoms with Crippen LogP contribution in [0.4, 0.5) is 0 Å². The molecule has 1 aliphatic heterocycles. The number of fused-ring (bicyclic) bond motifs is 1. The standard InChI is InChI=1S/C9H8BrClO/c10-4-6-5-12-9-3-7(11)1-2-8(6)9/h1-3,6H,4-5H2. The molecule has 0 aliphatic carbocycles. The Bertz CT molecular complexity index is 301. The molecule has 0 amide bonds. The first kappa shape index (κ1) is 8.39. The van der Waals surface area contributed by atoms with Crippen LogP contribution in [0.25, 0.3) is 0 Å². The van der Waals surface area contributed by atoms with Crippen LogP contribution in [0.3, 0.4) is 0 Å². The van der Waals surface area contributed by atoms with Crippen molar-refractivity contribution in [1.82, 2.24) is 0 Å². The molecule has 0 fully saturated rings. The van der Waals surface area contributed by atoms with Crippen LogP contribution in [0.15, 0.2) is 18.2 Å². The van der Waals surface area contributed by atoms with E-state index in [4.69, 9.17) is 16.3 Å². The van der Waals surface area contributed by atoms with E-state index in [2.05, 4.69) is 15.9 Å². The van der Waals surface area contributed by atoms with Gasteiger partial charge in [-0.05, 0) is 12.1 Å². The van der Waals surface area contributed by atoms with Crippen molar-refractivity contribution in [2.75, 3.05) is 11.9 Å². The predicted molar refractivity (Wildman–Crippen MR) is 53.5 cm³/mol. The largest absolute Gasteiger partial charge is 0.493 e. The van der Waals surface area contributed by atoms with Crippen LogP contribution in [-0.2, 0) is 0 Å². The Kier molecular flexibility index (Phi) is 2.28. The Morgan fingerprint density at radius 1 is 1.58 bits per heavy atom. The van der Waals surface area contributed by atoms with Crippen molar-refractivity contribution in [1.29, 1.82) is 0 Å². The van der Waals surface area contributed by atoms with Crippen molar-refractivity contribution >= 4 is 27.5 Å². The van der Waals surface area contributed by atoms with Crippen molar-refractivity contribution in [3.8, 4) is 5.75 Å². The molecule has 3 heteroatoms. The van der Waals surface area contributed by atoms with Gasteiger partial charge in [-0.15, -0.1) is 0 Å². The zero-order valence-electron chi connectivity index (χ0n) is 6.39. The number of rotatable bonds is 1. The normalized spacial score (nSPS) is 20.3. The maximum Gasteiger partial charge on any atom is 0.124 e. The molecule has 64 valence electrons. The molecule has 0 saturated heterocycles. The molecule has 1 heterocycles. The molecule has 0 N–H and O–H groups in total. The molecule has 0 bridgehead atoms. The second-order valence-corrected chi connectivity index (χ2v) is 3.93. The summed E-state index contributed by atoms with van der Waals surface area (Å²) >= 11 is 9.27. The lowest BCUT2D eigenvalue weighted by atomic mass is 10.0. The third-order valence-corrected chi connectivity index (χ3v) is 3.06. The van der Waals surface area contributed by atoms with Crippen molar-refractivity contribution in [3.05, 3.63) is 28.8 Å². The van der Waals surface area contributed by atoms with Crippen LogP contribution in [0.2, 0.25) is 5.02 Å². The minimum Gasteiger partial charge on any atom is -0.493 e. The van der Waals surface area contributed by atoms with Gasteiger partial charge in [0.1, 0.15) is 5.75 Å². The Hall–Kier alpha value is -0.210. The van der Waals surface area contributed by atoms with E-state index in [1.54, 1.807) is 0 Å². The van der Waals surface area contributed by atoms with Gasteiger partial charge in [-0.1, -0.05) is 33.6 Å². The van der Waals surface area contributed by atoms with Crippen molar-refractivity contribution in [3.63, 3.8) is 0 Å². The number of benzene rings is 1. The summed E-state index contributed by atoms with van der Waals surface area (Å²) < 4.78 is 5.47. The van der Waals surface area contributed by atoms with Crippen LogP contribution in [0, 0.1) is 0 Å². The molecule has 2 rings (SSSR count). The van der Waals surface area contributed by atoms with Gasteiger partial charge >= 0.3 is 0 Å². The highest BCUT2D eigenvalue weighted by Gasteiger charge is 2.22. The molecular weight excluding hydrogens is 239 g/mol. The van der Waals surface area contributed by atoms with Crippen molar-refractivity contribution in [2.45, 2.75) is 5.92 Å². The van der Waals surface area contributed by atoms with Gasteiger partial charge in [-0.2, -0.15) is 0 Å². The van der Waals surface area contributed by atoms with Crippen LogP contribution in [0.5, 0.6) is 5.75 Å². The maximum absolute atomic E-state index is 5.82. The highest BCUT2D eigenvalue weighted by atomic mass is 79.9. The van der Waals surface area contributed by atoms with Crippen LogP contribution < -0.4 is 4.74 Å². The molecule has 0 aromatic heterocycles. The van der Waals surface area contributed by atoms with Crippen LogP contribution in [0.1, 0.15) is 11.5 Å². The van der Waals surface area contributed by atoms with Crippen molar-refractivity contribution in [2.24, 2.45) is 0 Å². The second kappa shape index (κ2) is 3.27. The van der Waals surface area contributed by atoms with Crippen molar-refractivity contribution < 1.29 is 4.74 Å². The summed E-state index contributed by atoms with van der Waals surface area (Å²) in [4.78, 5) is 0. The second-order valence-electron chi connectivity index (χ2n) is 2.84. The van der Waals surface area contributed by atoms with E-state index in [9.17, 15) is 0 Å². The first-order valence-corrected chi connectivity index (χ1v) is 5.29. The minimum atomic E-state index is 0.484. The zero-order valence-corrected chi connectivity index (χ0v) is 8.73. The first-order valence-electron chi connectivity index (χ1n) is 3.79. The monoisotopic (exact) mass is 246 g/mol. The number of ether oxygens (including phenoxy) is 1. The Morgan fingerprint density at radius 2 is 2.42 bits per heavy atom. The van der Waals surface area contributed by atoms with E-state index in [1.807, 2.05) is 18.2 Å². The highest BCUT2D eigenvalue weighted by molar-refractivity contribution is 9.09. The number of hydrogen-bond donors (Lipinski definition) is 0. The Balaban J connectivity index is 2.40. The van der Waals surface area contributed by atoms with E-state index < -0.39 is 0 Å². The van der Waals surface area contributed by atoms with Gasteiger partial charge in [0.2, 0.25) is 0 Å². The van der Waals surface area contributed by atoms with E-state index in [-0.39, 0.29) is 0 Å². The molecule has 1 aliphatic rings. The number of alkyl halides is 1. The number of halogens is 2.